The van der Waals surface area contributed by atoms with Crippen molar-refractivity contribution in [2.75, 3.05) is 0 Å². The molecule has 1 aromatic rings. The second-order valence-corrected chi connectivity index (χ2v) is 5.79. The van der Waals surface area contributed by atoms with Crippen LogP contribution in [-0.2, 0) is 6.42 Å². The molecule has 0 spiro atoms. The summed E-state index contributed by atoms with van der Waals surface area (Å²) in [5.41, 5.74) is 2.59. The van der Waals surface area contributed by atoms with Crippen LogP contribution < -0.4 is 0 Å². The van der Waals surface area contributed by atoms with Crippen molar-refractivity contribution in [3.05, 3.63) is 35.4 Å². The van der Waals surface area contributed by atoms with Gasteiger partial charge < -0.3 is 0 Å². The SMILES string of the molecule is CC.CC(C)Cc1ccc(C#CC(C)(C)C)cc1. The Morgan fingerprint density at radius 1 is 1.00 bits per heavy atom. The van der Waals surface area contributed by atoms with E-state index in [1.54, 1.807) is 0 Å². The van der Waals surface area contributed by atoms with E-state index >= 15 is 0 Å². The molecule has 0 saturated heterocycles. The number of rotatable bonds is 2. The molecule has 0 aliphatic heterocycles. The smallest absolute Gasteiger partial charge is 0.0245 e. The fourth-order valence-corrected chi connectivity index (χ4v) is 1.46. The van der Waals surface area contributed by atoms with Gasteiger partial charge in [-0.15, -0.1) is 0 Å². The van der Waals surface area contributed by atoms with E-state index < -0.39 is 0 Å². The lowest BCUT2D eigenvalue weighted by atomic mass is 9.97. The topological polar surface area (TPSA) is 0 Å². The molecule has 0 heteroatoms. The molecule has 18 heavy (non-hydrogen) atoms. The highest BCUT2D eigenvalue weighted by molar-refractivity contribution is 5.37. The summed E-state index contributed by atoms with van der Waals surface area (Å²) < 4.78 is 0. The molecule has 0 aromatic heterocycles. The van der Waals surface area contributed by atoms with Gasteiger partial charge in [-0.1, -0.05) is 51.7 Å². The van der Waals surface area contributed by atoms with Gasteiger partial charge in [0.05, 0.1) is 0 Å². The van der Waals surface area contributed by atoms with Crippen molar-refractivity contribution in [3.63, 3.8) is 0 Å². The molecule has 0 unspecified atom stereocenters. The van der Waals surface area contributed by atoms with Crippen LogP contribution in [0.4, 0.5) is 0 Å². The van der Waals surface area contributed by atoms with Gasteiger partial charge in [-0.2, -0.15) is 0 Å². The largest absolute Gasteiger partial charge is 0.0920 e. The summed E-state index contributed by atoms with van der Waals surface area (Å²) in [6.45, 7) is 14.9. The lowest BCUT2D eigenvalue weighted by Crippen LogP contribution is -1.99. The van der Waals surface area contributed by atoms with Crippen molar-refractivity contribution >= 4 is 0 Å². The monoisotopic (exact) mass is 244 g/mol. The highest BCUT2D eigenvalue weighted by Gasteiger charge is 2.03. The van der Waals surface area contributed by atoms with E-state index in [0.29, 0.717) is 5.92 Å². The molecule has 100 valence electrons. The zero-order chi connectivity index (χ0) is 14.2. The second-order valence-electron chi connectivity index (χ2n) is 5.79. The van der Waals surface area contributed by atoms with Crippen LogP contribution in [0, 0.1) is 23.2 Å². The van der Waals surface area contributed by atoms with Gasteiger partial charge in [0, 0.05) is 11.0 Å². The molecule has 0 aliphatic rings. The maximum Gasteiger partial charge on any atom is 0.0245 e. The van der Waals surface area contributed by atoms with E-state index in [-0.39, 0.29) is 5.41 Å². The summed E-state index contributed by atoms with van der Waals surface area (Å²) in [7, 11) is 0. The Morgan fingerprint density at radius 2 is 1.50 bits per heavy atom. The maximum absolute atomic E-state index is 3.25. The highest BCUT2D eigenvalue weighted by atomic mass is 14.1. The Hall–Kier alpha value is -1.22. The van der Waals surface area contributed by atoms with E-state index in [2.05, 4.69) is 70.7 Å². The molecule has 0 aliphatic carbocycles. The lowest BCUT2D eigenvalue weighted by Gasteiger charge is -2.07. The van der Waals surface area contributed by atoms with Crippen LogP contribution in [0.25, 0.3) is 0 Å². The van der Waals surface area contributed by atoms with E-state index in [1.807, 2.05) is 13.8 Å². The van der Waals surface area contributed by atoms with Crippen LogP contribution in [0.15, 0.2) is 24.3 Å². The predicted octanol–water partition coefficient (Wildman–Crippen LogP) is 5.31. The Morgan fingerprint density at radius 3 is 1.89 bits per heavy atom. The van der Waals surface area contributed by atoms with Crippen LogP contribution in [-0.4, -0.2) is 0 Å². The van der Waals surface area contributed by atoms with Gasteiger partial charge in [-0.05, 0) is 50.8 Å². The van der Waals surface area contributed by atoms with Gasteiger partial charge >= 0.3 is 0 Å². The first kappa shape index (κ1) is 16.8. The summed E-state index contributed by atoms with van der Waals surface area (Å²) in [6.07, 6.45) is 1.15. The standard InChI is InChI=1S/C16H22.C2H6/c1-13(2)12-15-8-6-14(7-9-15)10-11-16(3,4)5;1-2/h6-9,13H,12H2,1-5H3;1-2H3. The Labute approximate surface area is 114 Å². The third kappa shape index (κ3) is 7.96. The van der Waals surface area contributed by atoms with Crippen LogP contribution in [0.3, 0.4) is 0 Å². The van der Waals surface area contributed by atoms with Gasteiger partial charge in [-0.3, -0.25) is 0 Å². The fraction of sp³-hybridized carbons (Fsp3) is 0.556. The minimum Gasteiger partial charge on any atom is -0.0920 e. The maximum atomic E-state index is 3.25. The Balaban J connectivity index is 0.00000137. The number of hydrogen-bond acceptors (Lipinski definition) is 0. The van der Waals surface area contributed by atoms with Crippen LogP contribution in [0.2, 0.25) is 0 Å². The fourth-order valence-electron chi connectivity index (χ4n) is 1.46. The molecular formula is C18H28. The summed E-state index contributed by atoms with van der Waals surface area (Å²) in [4.78, 5) is 0. The first-order valence-corrected chi connectivity index (χ1v) is 6.99. The van der Waals surface area contributed by atoms with Gasteiger partial charge in [0.15, 0.2) is 0 Å². The summed E-state index contributed by atoms with van der Waals surface area (Å²) in [6, 6.07) is 8.62. The van der Waals surface area contributed by atoms with E-state index in [0.717, 1.165) is 12.0 Å². The lowest BCUT2D eigenvalue weighted by molar-refractivity contribution is 0.571. The molecule has 1 rings (SSSR count). The van der Waals surface area contributed by atoms with Crippen LogP contribution in [0.5, 0.6) is 0 Å². The molecule has 0 bridgehead atoms. The van der Waals surface area contributed by atoms with Crippen LogP contribution >= 0.6 is 0 Å². The van der Waals surface area contributed by atoms with E-state index in [9.17, 15) is 0 Å². The molecule has 0 amide bonds. The quantitative estimate of drug-likeness (QED) is 0.619. The van der Waals surface area contributed by atoms with Crippen LogP contribution in [0.1, 0.15) is 59.6 Å². The molecule has 0 N–H and O–H groups in total. The predicted molar refractivity (Wildman–Crippen MR) is 82.7 cm³/mol. The average molecular weight is 244 g/mol. The van der Waals surface area contributed by atoms with Gasteiger partial charge in [0.25, 0.3) is 0 Å². The molecule has 0 heterocycles. The molecule has 1 aromatic carbocycles. The molecule has 0 fully saturated rings. The van der Waals surface area contributed by atoms with Crippen molar-refractivity contribution in [1.29, 1.82) is 0 Å². The first-order chi connectivity index (χ1) is 8.37. The molecule has 0 nitrogen and oxygen atoms in total. The molecule has 0 radical (unpaired) electrons. The zero-order valence-electron chi connectivity index (χ0n) is 13.1. The number of benzene rings is 1. The van der Waals surface area contributed by atoms with Crippen molar-refractivity contribution in [3.8, 4) is 11.8 Å². The second kappa shape index (κ2) is 7.98. The van der Waals surface area contributed by atoms with Crippen molar-refractivity contribution in [1.82, 2.24) is 0 Å². The molecular weight excluding hydrogens is 216 g/mol. The molecule has 0 saturated carbocycles. The summed E-state index contributed by atoms with van der Waals surface area (Å²) >= 11 is 0. The Kier molecular flexibility index (Phi) is 7.44. The van der Waals surface area contributed by atoms with Crippen molar-refractivity contribution in [2.45, 2.75) is 54.9 Å². The van der Waals surface area contributed by atoms with Crippen molar-refractivity contribution < 1.29 is 0 Å². The minimum atomic E-state index is 0.0800. The summed E-state index contributed by atoms with van der Waals surface area (Å²) in [5, 5.41) is 0. The Bertz CT molecular complexity index is 377. The highest BCUT2D eigenvalue weighted by Crippen LogP contribution is 2.12. The average Bonchev–Trinajstić information content (AvgIpc) is 2.29. The third-order valence-electron chi connectivity index (χ3n) is 2.18. The normalized spacial score (nSPS) is 10.2. The number of hydrogen-bond donors (Lipinski definition) is 0. The summed E-state index contributed by atoms with van der Waals surface area (Å²) in [5.74, 6) is 7.18. The minimum absolute atomic E-state index is 0.0800. The third-order valence-corrected chi connectivity index (χ3v) is 2.18. The molecule has 0 atom stereocenters. The van der Waals surface area contributed by atoms with E-state index in [1.165, 1.54) is 5.56 Å². The van der Waals surface area contributed by atoms with E-state index in [4.69, 9.17) is 0 Å². The van der Waals surface area contributed by atoms with Crippen molar-refractivity contribution in [2.24, 2.45) is 11.3 Å². The first-order valence-electron chi connectivity index (χ1n) is 6.99. The van der Waals surface area contributed by atoms with Gasteiger partial charge in [0.1, 0.15) is 0 Å². The van der Waals surface area contributed by atoms with Gasteiger partial charge in [0.2, 0.25) is 0 Å². The van der Waals surface area contributed by atoms with Gasteiger partial charge in [-0.25, -0.2) is 0 Å². The zero-order valence-corrected chi connectivity index (χ0v) is 13.1.